The summed E-state index contributed by atoms with van der Waals surface area (Å²) in [5.41, 5.74) is 0. The van der Waals surface area contributed by atoms with Crippen molar-refractivity contribution in [3.05, 3.63) is 24.5 Å². The molecule has 2 heterocycles. The average molecular weight is 153 g/mol. The number of nitrogens with zero attached hydrogens (tertiary/aromatic N) is 1. The summed E-state index contributed by atoms with van der Waals surface area (Å²) < 4.78 is 15.1. The molecule has 58 valence electrons. The van der Waals surface area contributed by atoms with E-state index in [1.807, 2.05) is 0 Å². The van der Waals surface area contributed by atoms with Crippen molar-refractivity contribution in [3.8, 4) is 0 Å². The lowest BCUT2D eigenvalue weighted by molar-refractivity contribution is 0.252. The highest BCUT2D eigenvalue weighted by Crippen LogP contribution is 2.11. The zero-order valence-electron chi connectivity index (χ0n) is 5.82. The molecule has 2 rings (SSSR count). The predicted molar refractivity (Wildman–Crippen MR) is 37.6 cm³/mol. The van der Waals surface area contributed by atoms with Crippen molar-refractivity contribution in [1.29, 1.82) is 0 Å². The Morgan fingerprint density at radius 2 is 2.36 bits per heavy atom. The summed E-state index contributed by atoms with van der Waals surface area (Å²) in [6, 6.07) is 0. The minimum absolute atomic E-state index is 0.523. The van der Waals surface area contributed by atoms with Crippen molar-refractivity contribution in [3.63, 3.8) is 0 Å². The Balaban J connectivity index is 2.09. The third-order valence-corrected chi connectivity index (χ3v) is 1.30. The Morgan fingerprint density at radius 1 is 1.36 bits per heavy atom. The molecule has 0 aliphatic carbocycles. The molecular weight excluding hydrogens is 146 g/mol. The van der Waals surface area contributed by atoms with Crippen molar-refractivity contribution < 1.29 is 14.2 Å². The minimum Gasteiger partial charge on any atom is -0.473 e. The molecule has 0 N–H and O–H groups in total. The second-order valence-electron chi connectivity index (χ2n) is 2.04. The number of ether oxygens (including phenoxy) is 3. The molecule has 2 aliphatic heterocycles. The van der Waals surface area contributed by atoms with Crippen LogP contribution in [0.5, 0.6) is 0 Å². The van der Waals surface area contributed by atoms with Crippen LogP contribution in [-0.4, -0.2) is 19.0 Å². The van der Waals surface area contributed by atoms with E-state index in [0.717, 1.165) is 0 Å². The fourth-order valence-corrected chi connectivity index (χ4v) is 0.847. The molecule has 0 saturated heterocycles. The smallest absolute Gasteiger partial charge is 0.256 e. The summed E-state index contributed by atoms with van der Waals surface area (Å²) in [7, 11) is 0. The van der Waals surface area contributed by atoms with Gasteiger partial charge in [-0.1, -0.05) is 0 Å². The van der Waals surface area contributed by atoms with Crippen LogP contribution < -0.4 is 0 Å². The lowest BCUT2D eigenvalue weighted by atomic mass is 10.5. The third kappa shape index (κ3) is 1.19. The first kappa shape index (κ1) is 6.27. The molecule has 4 heteroatoms. The van der Waals surface area contributed by atoms with Gasteiger partial charge in [0, 0.05) is 0 Å². The Kier molecular flexibility index (Phi) is 1.51. The monoisotopic (exact) mass is 153 g/mol. The summed E-state index contributed by atoms with van der Waals surface area (Å²) in [6.07, 6.45) is 4.35. The number of hydrogen-bond donors (Lipinski definition) is 0. The molecule has 2 aliphatic rings. The molecule has 0 aromatic heterocycles. The van der Waals surface area contributed by atoms with Gasteiger partial charge in [-0.3, -0.25) is 0 Å². The van der Waals surface area contributed by atoms with Crippen LogP contribution in [0.25, 0.3) is 0 Å². The van der Waals surface area contributed by atoms with Gasteiger partial charge in [-0.25, -0.2) is 4.99 Å². The quantitative estimate of drug-likeness (QED) is 0.558. The van der Waals surface area contributed by atoms with E-state index < -0.39 is 0 Å². The first-order valence-corrected chi connectivity index (χ1v) is 3.32. The summed E-state index contributed by atoms with van der Waals surface area (Å²) >= 11 is 0. The van der Waals surface area contributed by atoms with Gasteiger partial charge in [0.05, 0.1) is 6.54 Å². The normalized spacial score (nSPS) is 21.1. The van der Waals surface area contributed by atoms with Crippen LogP contribution in [0, 0.1) is 0 Å². The van der Waals surface area contributed by atoms with Crippen LogP contribution in [0.15, 0.2) is 29.5 Å². The van der Waals surface area contributed by atoms with Gasteiger partial charge in [0.2, 0.25) is 5.76 Å². The highest BCUT2D eigenvalue weighted by molar-refractivity contribution is 5.92. The van der Waals surface area contributed by atoms with E-state index in [-0.39, 0.29) is 0 Å². The lowest BCUT2D eigenvalue weighted by Gasteiger charge is -2.08. The summed E-state index contributed by atoms with van der Waals surface area (Å²) in [6.45, 7) is 1.32. The molecule has 4 nitrogen and oxygen atoms in total. The fraction of sp³-hybridized carbons (Fsp3) is 0.286. The number of hydrogen-bond acceptors (Lipinski definition) is 4. The van der Waals surface area contributed by atoms with Crippen molar-refractivity contribution >= 4 is 5.90 Å². The number of aliphatic imine (C=N–C) groups is 1. The van der Waals surface area contributed by atoms with Crippen LogP contribution in [0.3, 0.4) is 0 Å². The van der Waals surface area contributed by atoms with Gasteiger partial charge in [0.1, 0.15) is 25.4 Å². The summed E-state index contributed by atoms with van der Waals surface area (Å²) in [5.74, 6) is 1.05. The molecule has 0 amide bonds. The summed E-state index contributed by atoms with van der Waals surface area (Å²) in [4.78, 5) is 4.05. The van der Waals surface area contributed by atoms with E-state index in [1.54, 1.807) is 0 Å². The number of rotatable bonds is 1. The molecule has 0 saturated carbocycles. The molecular formula is C7H7NO3. The molecule has 0 fully saturated rings. The highest BCUT2D eigenvalue weighted by atomic mass is 16.6. The molecule has 0 aromatic rings. The molecule has 0 aromatic carbocycles. The zero-order valence-corrected chi connectivity index (χ0v) is 5.82. The van der Waals surface area contributed by atoms with Gasteiger partial charge in [-0.2, -0.15) is 0 Å². The Morgan fingerprint density at radius 3 is 3.00 bits per heavy atom. The summed E-state index contributed by atoms with van der Waals surface area (Å²) in [5, 5.41) is 0. The standard InChI is InChI=1S/C7H7NO3/c1-2-11-7(8-1)6-5-9-3-4-10-6/h3-5H,1-2H2. The van der Waals surface area contributed by atoms with Gasteiger partial charge >= 0.3 is 0 Å². The second-order valence-corrected chi connectivity index (χ2v) is 2.04. The Bertz CT molecular complexity index is 242. The van der Waals surface area contributed by atoms with E-state index in [0.29, 0.717) is 24.8 Å². The highest BCUT2D eigenvalue weighted by Gasteiger charge is 2.15. The molecule has 0 atom stereocenters. The van der Waals surface area contributed by atoms with Crippen LogP contribution >= 0.6 is 0 Å². The van der Waals surface area contributed by atoms with Crippen LogP contribution in [0.4, 0.5) is 0 Å². The maximum atomic E-state index is 5.14. The SMILES string of the molecule is C1=COC(C2=NCCO2)=CO1. The first-order chi connectivity index (χ1) is 5.47. The molecule has 0 spiro atoms. The minimum atomic E-state index is 0.523. The largest absolute Gasteiger partial charge is 0.473 e. The molecule has 0 unspecified atom stereocenters. The zero-order chi connectivity index (χ0) is 7.52. The van der Waals surface area contributed by atoms with E-state index in [9.17, 15) is 0 Å². The van der Waals surface area contributed by atoms with Crippen molar-refractivity contribution in [2.24, 2.45) is 4.99 Å². The van der Waals surface area contributed by atoms with E-state index >= 15 is 0 Å². The average Bonchev–Trinajstić information content (AvgIpc) is 2.58. The van der Waals surface area contributed by atoms with Crippen LogP contribution in [0.1, 0.15) is 0 Å². The Hall–Kier alpha value is -1.45. The van der Waals surface area contributed by atoms with E-state index in [4.69, 9.17) is 14.2 Å². The van der Waals surface area contributed by atoms with Gasteiger partial charge in [-0.05, 0) is 0 Å². The van der Waals surface area contributed by atoms with Gasteiger partial charge in [0.15, 0.2) is 0 Å². The maximum Gasteiger partial charge on any atom is 0.256 e. The second kappa shape index (κ2) is 2.65. The maximum absolute atomic E-state index is 5.14. The van der Waals surface area contributed by atoms with Crippen molar-refractivity contribution in [1.82, 2.24) is 0 Å². The van der Waals surface area contributed by atoms with Crippen LogP contribution in [-0.2, 0) is 14.2 Å². The first-order valence-electron chi connectivity index (χ1n) is 3.32. The third-order valence-electron chi connectivity index (χ3n) is 1.30. The molecule has 11 heavy (non-hydrogen) atoms. The van der Waals surface area contributed by atoms with Gasteiger partial charge in [0.25, 0.3) is 5.90 Å². The van der Waals surface area contributed by atoms with E-state index in [1.165, 1.54) is 18.8 Å². The Labute approximate surface area is 63.8 Å². The van der Waals surface area contributed by atoms with Crippen molar-refractivity contribution in [2.45, 2.75) is 0 Å². The molecule has 0 bridgehead atoms. The van der Waals surface area contributed by atoms with Crippen molar-refractivity contribution in [2.75, 3.05) is 13.2 Å². The van der Waals surface area contributed by atoms with Crippen LogP contribution in [0.2, 0.25) is 0 Å². The topological polar surface area (TPSA) is 40.0 Å². The fourth-order valence-electron chi connectivity index (χ4n) is 0.847. The molecule has 0 radical (unpaired) electrons. The lowest BCUT2D eigenvalue weighted by Crippen LogP contribution is -2.06. The van der Waals surface area contributed by atoms with E-state index in [2.05, 4.69) is 4.99 Å². The predicted octanol–water partition coefficient (Wildman–Crippen LogP) is 0.774. The van der Waals surface area contributed by atoms with Gasteiger partial charge < -0.3 is 14.2 Å². The van der Waals surface area contributed by atoms with Gasteiger partial charge in [-0.15, -0.1) is 0 Å².